The van der Waals surface area contributed by atoms with E-state index in [1.807, 2.05) is 0 Å². The van der Waals surface area contributed by atoms with Crippen molar-refractivity contribution in [2.45, 2.75) is 91.6 Å². The van der Waals surface area contributed by atoms with E-state index in [0.717, 1.165) is 12.0 Å². The molecule has 1 aliphatic rings. The lowest BCUT2D eigenvalue weighted by Crippen LogP contribution is -2.38. The minimum Gasteiger partial charge on any atom is -0.311 e. The van der Waals surface area contributed by atoms with E-state index in [-0.39, 0.29) is 0 Å². The van der Waals surface area contributed by atoms with Gasteiger partial charge in [0.2, 0.25) is 0 Å². The molecular formula is C16H33N. The molecule has 0 aromatic heterocycles. The van der Waals surface area contributed by atoms with Crippen LogP contribution in [0.5, 0.6) is 0 Å². The minimum atomic E-state index is 0.555. The molecule has 0 bridgehead atoms. The van der Waals surface area contributed by atoms with Gasteiger partial charge in [-0.05, 0) is 37.5 Å². The van der Waals surface area contributed by atoms with Crippen LogP contribution in [0.4, 0.5) is 0 Å². The third-order valence-corrected chi connectivity index (χ3v) is 4.32. The summed E-state index contributed by atoms with van der Waals surface area (Å²) >= 11 is 0. The molecule has 1 fully saturated rings. The third kappa shape index (κ3) is 5.42. The van der Waals surface area contributed by atoms with E-state index in [1.165, 1.54) is 44.9 Å². The van der Waals surface area contributed by atoms with Crippen LogP contribution in [-0.4, -0.2) is 12.1 Å². The van der Waals surface area contributed by atoms with Crippen molar-refractivity contribution in [2.24, 2.45) is 11.3 Å². The van der Waals surface area contributed by atoms with Crippen LogP contribution in [0.1, 0.15) is 79.6 Å². The highest BCUT2D eigenvalue weighted by Gasteiger charge is 2.36. The highest BCUT2D eigenvalue weighted by atomic mass is 15.0. The number of hydrogen-bond donors (Lipinski definition) is 1. The summed E-state index contributed by atoms with van der Waals surface area (Å²) in [6.45, 7) is 11.9. The summed E-state index contributed by atoms with van der Waals surface area (Å²) in [6.07, 6.45) is 9.64. The lowest BCUT2D eigenvalue weighted by molar-refractivity contribution is 0.347. The second-order valence-electron chi connectivity index (χ2n) is 7.07. The second-order valence-corrected chi connectivity index (χ2v) is 7.07. The van der Waals surface area contributed by atoms with Gasteiger partial charge in [0, 0.05) is 12.1 Å². The maximum atomic E-state index is 3.86. The van der Waals surface area contributed by atoms with Gasteiger partial charge in [-0.15, -0.1) is 0 Å². The first-order chi connectivity index (χ1) is 7.94. The topological polar surface area (TPSA) is 12.0 Å². The summed E-state index contributed by atoms with van der Waals surface area (Å²) in [6, 6.07) is 1.46. The Bertz CT molecular complexity index is 210. The van der Waals surface area contributed by atoms with Crippen molar-refractivity contribution >= 4 is 0 Å². The van der Waals surface area contributed by atoms with Gasteiger partial charge in [0.25, 0.3) is 0 Å². The Hall–Kier alpha value is -0.0400. The summed E-state index contributed by atoms with van der Waals surface area (Å²) in [5, 5.41) is 3.86. The van der Waals surface area contributed by atoms with Crippen molar-refractivity contribution in [3.05, 3.63) is 0 Å². The first-order valence-electron chi connectivity index (χ1n) is 7.70. The predicted octanol–water partition coefficient (Wildman–Crippen LogP) is 4.76. The molecule has 17 heavy (non-hydrogen) atoms. The van der Waals surface area contributed by atoms with Gasteiger partial charge in [-0.1, -0.05) is 53.4 Å². The summed E-state index contributed by atoms with van der Waals surface area (Å²) in [5.74, 6) is 0.850. The Balaban J connectivity index is 2.20. The van der Waals surface area contributed by atoms with Gasteiger partial charge in [0.15, 0.2) is 0 Å². The molecule has 3 atom stereocenters. The van der Waals surface area contributed by atoms with E-state index in [4.69, 9.17) is 0 Å². The lowest BCUT2D eigenvalue weighted by Gasteiger charge is -2.23. The molecule has 0 amide bonds. The van der Waals surface area contributed by atoms with Crippen LogP contribution in [0, 0.1) is 11.3 Å². The lowest BCUT2D eigenvalue weighted by atomic mass is 9.91. The van der Waals surface area contributed by atoms with Crippen LogP contribution in [0.2, 0.25) is 0 Å². The molecule has 0 saturated heterocycles. The molecule has 1 saturated carbocycles. The van der Waals surface area contributed by atoms with Crippen molar-refractivity contribution < 1.29 is 0 Å². The fourth-order valence-electron chi connectivity index (χ4n) is 3.44. The molecular weight excluding hydrogens is 206 g/mol. The molecule has 0 heterocycles. The fourth-order valence-corrected chi connectivity index (χ4v) is 3.44. The van der Waals surface area contributed by atoms with Gasteiger partial charge in [0.05, 0.1) is 0 Å². The Morgan fingerprint density at radius 2 is 1.88 bits per heavy atom. The maximum absolute atomic E-state index is 3.86. The van der Waals surface area contributed by atoms with E-state index >= 15 is 0 Å². The second kappa shape index (κ2) is 6.78. The quantitative estimate of drug-likeness (QED) is 0.632. The number of rotatable bonds is 7. The summed E-state index contributed by atoms with van der Waals surface area (Å²) in [7, 11) is 0. The van der Waals surface area contributed by atoms with Gasteiger partial charge >= 0.3 is 0 Å². The van der Waals surface area contributed by atoms with Crippen LogP contribution < -0.4 is 5.32 Å². The average Bonchev–Trinajstić information content (AvgIpc) is 2.47. The first kappa shape index (κ1) is 15.0. The highest BCUT2D eigenvalue weighted by Crippen LogP contribution is 2.41. The van der Waals surface area contributed by atoms with Crippen LogP contribution in [-0.2, 0) is 0 Å². The number of hydrogen-bond acceptors (Lipinski definition) is 1. The molecule has 1 rings (SSSR count). The van der Waals surface area contributed by atoms with Crippen LogP contribution in [0.25, 0.3) is 0 Å². The largest absolute Gasteiger partial charge is 0.311 e. The van der Waals surface area contributed by atoms with Crippen LogP contribution in [0.15, 0.2) is 0 Å². The zero-order valence-corrected chi connectivity index (χ0v) is 12.7. The molecule has 1 aliphatic carbocycles. The minimum absolute atomic E-state index is 0.555. The zero-order chi connectivity index (χ0) is 12.9. The number of unbranched alkanes of at least 4 members (excludes halogenated alkanes) is 3. The standard InChI is InChI=1S/C16H33N/c1-6-7-8-9-10-14(3)17-15-12-16(4,5)11-13(15)2/h13-15,17H,6-12H2,1-5H3. The van der Waals surface area contributed by atoms with Crippen molar-refractivity contribution in [3.63, 3.8) is 0 Å². The Morgan fingerprint density at radius 1 is 1.18 bits per heavy atom. The van der Waals surface area contributed by atoms with Crippen LogP contribution >= 0.6 is 0 Å². The smallest absolute Gasteiger partial charge is 0.0100 e. The summed E-state index contributed by atoms with van der Waals surface area (Å²) in [4.78, 5) is 0. The van der Waals surface area contributed by atoms with Crippen molar-refractivity contribution in [1.82, 2.24) is 5.32 Å². The monoisotopic (exact) mass is 239 g/mol. The van der Waals surface area contributed by atoms with Gasteiger partial charge in [-0.25, -0.2) is 0 Å². The van der Waals surface area contributed by atoms with Crippen molar-refractivity contribution in [2.75, 3.05) is 0 Å². The zero-order valence-electron chi connectivity index (χ0n) is 12.7. The van der Waals surface area contributed by atoms with Crippen molar-refractivity contribution in [3.8, 4) is 0 Å². The van der Waals surface area contributed by atoms with Crippen molar-refractivity contribution in [1.29, 1.82) is 0 Å². The molecule has 0 aliphatic heterocycles. The normalized spacial score (nSPS) is 29.5. The first-order valence-corrected chi connectivity index (χ1v) is 7.70. The molecule has 0 radical (unpaired) electrons. The predicted molar refractivity (Wildman–Crippen MR) is 77.3 cm³/mol. The van der Waals surface area contributed by atoms with E-state index in [0.29, 0.717) is 11.5 Å². The molecule has 102 valence electrons. The molecule has 1 N–H and O–H groups in total. The van der Waals surface area contributed by atoms with E-state index in [1.54, 1.807) is 0 Å². The van der Waals surface area contributed by atoms with E-state index < -0.39 is 0 Å². The van der Waals surface area contributed by atoms with Gasteiger partial charge < -0.3 is 5.32 Å². The summed E-state index contributed by atoms with van der Waals surface area (Å²) in [5.41, 5.74) is 0.555. The maximum Gasteiger partial charge on any atom is 0.0100 e. The molecule has 0 aromatic carbocycles. The Kier molecular flexibility index (Phi) is 5.99. The van der Waals surface area contributed by atoms with Crippen LogP contribution in [0.3, 0.4) is 0 Å². The molecule has 0 spiro atoms. The molecule has 1 nitrogen and oxygen atoms in total. The van der Waals surface area contributed by atoms with E-state index in [2.05, 4.69) is 39.9 Å². The average molecular weight is 239 g/mol. The number of nitrogens with one attached hydrogen (secondary N) is 1. The molecule has 3 unspecified atom stereocenters. The third-order valence-electron chi connectivity index (χ3n) is 4.32. The Labute approximate surface area is 109 Å². The molecule has 1 heteroatoms. The highest BCUT2D eigenvalue weighted by molar-refractivity contribution is 4.92. The fraction of sp³-hybridized carbons (Fsp3) is 1.00. The van der Waals surface area contributed by atoms with Gasteiger partial charge in [-0.3, -0.25) is 0 Å². The van der Waals surface area contributed by atoms with Gasteiger partial charge in [0.1, 0.15) is 0 Å². The summed E-state index contributed by atoms with van der Waals surface area (Å²) < 4.78 is 0. The van der Waals surface area contributed by atoms with E-state index in [9.17, 15) is 0 Å². The van der Waals surface area contributed by atoms with Gasteiger partial charge in [-0.2, -0.15) is 0 Å². The molecule has 0 aromatic rings. The SMILES string of the molecule is CCCCCCC(C)NC1CC(C)(C)CC1C. The Morgan fingerprint density at radius 3 is 2.41 bits per heavy atom.